The maximum absolute atomic E-state index is 8.90. The van der Waals surface area contributed by atoms with Gasteiger partial charge in [-0.2, -0.15) is 0 Å². The van der Waals surface area contributed by atoms with Crippen LogP contribution in [0.3, 0.4) is 0 Å². The van der Waals surface area contributed by atoms with Crippen molar-refractivity contribution in [3.63, 3.8) is 0 Å². The molecule has 0 fully saturated rings. The van der Waals surface area contributed by atoms with Crippen LogP contribution < -0.4 is 0 Å². The highest BCUT2D eigenvalue weighted by Gasteiger charge is 1.95. The van der Waals surface area contributed by atoms with Crippen molar-refractivity contribution in [3.05, 3.63) is 25.3 Å². The van der Waals surface area contributed by atoms with Gasteiger partial charge in [-0.15, -0.1) is 37.8 Å². The molecule has 100 valence electrons. The second-order valence-electron chi connectivity index (χ2n) is 3.80. The van der Waals surface area contributed by atoms with Crippen molar-refractivity contribution in [1.29, 1.82) is 0 Å². The zero-order valence-electron chi connectivity index (χ0n) is 11.0. The van der Waals surface area contributed by atoms with E-state index in [4.69, 9.17) is 23.1 Å². The molecule has 0 amide bonds. The first-order chi connectivity index (χ1) is 8.62. The maximum atomic E-state index is 8.90. The molecule has 0 aromatic carbocycles. The van der Waals surface area contributed by atoms with Gasteiger partial charge in [-0.1, -0.05) is 12.2 Å². The lowest BCUT2D eigenvalue weighted by Gasteiger charge is -2.00. The molecule has 0 aromatic rings. The zero-order chi connectivity index (χ0) is 14.2. The average molecular weight is 248 g/mol. The Kier molecular flexibility index (Phi) is 16.3. The zero-order valence-corrected chi connectivity index (χ0v) is 11.0. The first kappa shape index (κ1) is 18.9. The molecular weight excluding hydrogens is 224 g/mol. The molecule has 0 spiro atoms. The molecule has 2 heteroatoms. The van der Waals surface area contributed by atoms with E-state index in [0.29, 0.717) is 0 Å². The third-order valence-electron chi connectivity index (χ3n) is 2.19. The lowest BCUT2D eigenvalue weighted by atomic mass is 10.1. The van der Waals surface area contributed by atoms with E-state index in [0.717, 1.165) is 38.5 Å². The van der Waals surface area contributed by atoms with Gasteiger partial charge in [0, 0.05) is 12.8 Å². The minimum atomic E-state index is -0.377. The third kappa shape index (κ3) is 16.9. The fourth-order valence-electron chi connectivity index (χ4n) is 1.06. The largest absolute Gasteiger partial charge is 0.389 e. The molecule has 18 heavy (non-hydrogen) atoms. The van der Waals surface area contributed by atoms with E-state index in [9.17, 15) is 0 Å². The number of hydrogen-bond acceptors (Lipinski definition) is 2. The van der Waals surface area contributed by atoms with Gasteiger partial charge in [-0.3, -0.25) is 0 Å². The van der Waals surface area contributed by atoms with Crippen LogP contribution in [-0.2, 0) is 0 Å². The van der Waals surface area contributed by atoms with Gasteiger partial charge in [0.15, 0.2) is 0 Å². The monoisotopic (exact) mass is 248 g/mol. The van der Waals surface area contributed by atoms with Gasteiger partial charge in [0.05, 0.1) is 12.2 Å². The number of unbranched alkanes of at least 4 members (excludes halogenated alkanes) is 2. The molecule has 0 saturated heterocycles. The summed E-state index contributed by atoms with van der Waals surface area (Å²) >= 11 is 0. The molecule has 0 rings (SSSR count). The Balaban J connectivity index is 0. The number of terminal acetylenes is 2. The molecule has 0 aliphatic heterocycles. The van der Waals surface area contributed by atoms with Crippen molar-refractivity contribution < 1.29 is 10.2 Å². The van der Waals surface area contributed by atoms with Crippen molar-refractivity contribution in [1.82, 2.24) is 0 Å². The number of hydrogen-bond donors (Lipinski definition) is 2. The van der Waals surface area contributed by atoms with Gasteiger partial charge in [0.25, 0.3) is 0 Å². The molecule has 2 atom stereocenters. The standard InChI is InChI=1S/2C8H12O/c2*1-3-5-6-7-8(9)4-2/h2*1,4,8-9H,2,5-7H2/t8-;/m0./s1. The second kappa shape index (κ2) is 15.5. The van der Waals surface area contributed by atoms with Gasteiger partial charge in [-0.25, -0.2) is 0 Å². The highest BCUT2D eigenvalue weighted by molar-refractivity contribution is 4.86. The Morgan fingerprint density at radius 3 is 1.44 bits per heavy atom. The molecule has 0 saturated carbocycles. The van der Waals surface area contributed by atoms with Crippen molar-refractivity contribution in [2.75, 3.05) is 0 Å². The van der Waals surface area contributed by atoms with Crippen molar-refractivity contribution in [2.24, 2.45) is 0 Å². The molecule has 0 heterocycles. The van der Waals surface area contributed by atoms with Crippen LogP contribution in [0.15, 0.2) is 25.3 Å². The fourth-order valence-corrected chi connectivity index (χ4v) is 1.06. The molecule has 2 N–H and O–H groups in total. The summed E-state index contributed by atoms with van der Waals surface area (Å²) in [6.07, 6.45) is 17.0. The van der Waals surface area contributed by atoms with E-state index in [1.54, 1.807) is 0 Å². The molecule has 1 unspecified atom stereocenters. The van der Waals surface area contributed by atoms with Gasteiger partial charge >= 0.3 is 0 Å². The summed E-state index contributed by atoms with van der Waals surface area (Å²) in [4.78, 5) is 0. The minimum absolute atomic E-state index is 0.377. The van der Waals surface area contributed by atoms with Gasteiger partial charge in [0.2, 0.25) is 0 Å². The van der Waals surface area contributed by atoms with Crippen LogP contribution in [0.4, 0.5) is 0 Å². The van der Waals surface area contributed by atoms with Gasteiger partial charge in [0.1, 0.15) is 0 Å². The van der Waals surface area contributed by atoms with Gasteiger partial charge in [-0.05, 0) is 25.7 Å². The van der Waals surface area contributed by atoms with Crippen LogP contribution in [0.25, 0.3) is 0 Å². The van der Waals surface area contributed by atoms with Crippen LogP contribution in [0.5, 0.6) is 0 Å². The molecule has 0 aliphatic carbocycles. The van der Waals surface area contributed by atoms with Crippen LogP contribution in [-0.4, -0.2) is 22.4 Å². The molecule has 0 aromatic heterocycles. The summed E-state index contributed by atoms with van der Waals surface area (Å²) in [5.74, 6) is 5.00. The van der Waals surface area contributed by atoms with Crippen molar-refractivity contribution in [3.8, 4) is 24.7 Å². The minimum Gasteiger partial charge on any atom is -0.389 e. The summed E-state index contributed by atoms with van der Waals surface area (Å²) in [5.41, 5.74) is 0. The average Bonchev–Trinajstić information content (AvgIpc) is 2.39. The SMILES string of the molecule is C#CCCCC(O)C=C.C#CCCC[C@@H](O)C=C. The van der Waals surface area contributed by atoms with E-state index >= 15 is 0 Å². The van der Waals surface area contributed by atoms with Crippen molar-refractivity contribution >= 4 is 0 Å². The number of aliphatic hydroxyl groups is 2. The van der Waals surface area contributed by atoms with Crippen LogP contribution >= 0.6 is 0 Å². The van der Waals surface area contributed by atoms with Crippen LogP contribution in [0.1, 0.15) is 38.5 Å². The Hall–Kier alpha value is -1.48. The van der Waals surface area contributed by atoms with Crippen LogP contribution in [0.2, 0.25) is 0 Å². The molecule has 0 radical (unpaired) electrons. The molecular formula is C16H24O2. The predicted molar refractivity (Wildman–Crippen MR) is 77.8 cm³/mol. The Morgan fingerprint density at radius 2 is 1.22 bits per heavy atom. The summed E-state index contributed by atoms with van der Waals surface area (Å²) < 4.78 is 0. The lowest BCUT2D eigenvalue weighted by Crippen LogP contribution is -1.99. The smallest absolute Gasteiger partial charge is 0.0718 e. The summed E-state index contributed by atoms with van der Waals surface area (Å²) in [6.45, 7) is 6.88. The Labute approximate surface area is 111 Å². The molecule has 2 nitrogen and oxygen atoms in total. The molecule has 0 aliphatic rings. The highest BCUT2D eigenvalue weighted by atomic mass is 16.3. The van der Waals surface area contributed by atoms with E-state index in [2.05, 4.69) is 25.0 Å². The number of aliphatic hydroxyl groups excluding tert-OH is 2. The Bertz CT molecular complexity index is 250. The number of rotatable bonds is 8. The van der Waals surface area contributed by atoms with E-state index in [1.807, 2.05) is 0 Å². The summed E-state index contributed by atoms with van der Waals surface area (Å²) in [7, 11) is 0. The van der Waals surface area contributed by atoms with E-state index in [-0.39, 0.29) is 12.2 Å². The second-order valence-corrected chi connectivity index (χ2v) is 3.80. The first-order valence-electron chi connectivity index (χ1n) is 6.10. The predicted octanol–water partition coefficient (Wildman–Crippen LogP) is 2.67. The summed E-state index contributed by atoms with van der Waals surface area (Å²) in [5, 5.41) is 17.8. The molecule has 0 bridgehead atoms. The normalized spacial score (nSPS) is 12.0. The maximum Gasteiger partial charge on any atom is 0.0718 e. The van der Waals surface area contributed by atoms with Gasteiger partial charge < -0.3 is 10.2 Å². The van der Waals surface area contributed by atoms with E-state index < -0.39 is 0 Å². The highest BCUT2D eigenvalue weighted by Crippen LogP contribution is 2.00. The first-order valence-corrected chi connectivity index (χ1v) is 6.10. The van der Waals surface area contributed by atoms with Crippen LogP contribution in [0, 0.1) is 24.7 Å². The summed E-state index contributed by atoms with van der Waals surface area (Å²) in [6, 6.07) is 0. The third-order valence-corrected chi connectivity index (χ3v) is 2.19. The van der Waals surface area contributed by atoms with E-state index in [1.165, 1.54) is 12.2 Å². The lowest BCUT2D eigenvalue weighted by molar-refractivity contribution is 0.210. The Morgan fingerprint density at radius 1 is 0.889 bits per heavy atom. The van der Waals surface area contributed by atoms with Crippen molar-refractivity contribution in [2.45, 2.75) is 50.7 Å². The fraction of sp³-hybridized carbons (Fsp3) is 0.500. The topological polar surface area (TPSA) is 40.5 Å². The quantitative estimate of drug-likeness (QED) is 0.394.